The summed E-state index contributed by atoms with van der Waals surface area (Å²) in [6.07, 6.45) is 1.46. The molecule has 0 aromatic carbocycles. The second-order valence-electron chi connectivity index (χ2n) is 3.99. The normalized spacial score (nSPS) is 18.4. The van der Waals surface area contributed by atoms with Gasteiger partial charge in [-0.05, 0) is 29.9 Å². The number of hydrogen-bond acceptors (Lipinski definition) is 5. The quantitative estimate of drug-likeness (QED) is 0.846. The Morgan fingerprint density at radius 3 is 2.76 bits per heavy atom. The molecule has 5 nitrogen and oxygen atoms in total. The van der Waals surface area contributed by atoms with Gasteiger partial charge in [0.1, 0.15) is 4.21 Å². The maximum atomic E-state index is 12.0. The van der Waals surface area contributed by atoms with E-state index in [1.165, 1.54) is 11.3 Å². The molecule has 1 aromatic rings. The molecule has 1 saturated heterocycles. The molecule has 1 fully saturated rings. The Kier molecular flexibility index (Phi) is 4.16. The van der Waals surface area contributed by atoms with Gasteiger partial charge in [0.2, 0.25) is 10.0 Å². The predicted molar refractivity (Wildman–Crippen MR) is 66.4 cm³/mol. The Hall–Kier alpha value is -0.470. The molecule has 1 aliphatic rings. The summed E-state index contributed by atoms with van der Waals surface area (Å²) in [5.41, 5.74) is 6.31. The van der Waals surface area contributed by atoms with Crippen LogP contribution in [-0.2, 0) is 21.3 Å². The van der Waals surface area contributed by atoms with E-state index in [1.54, 1.807) is 11.4 Å². The average molecular weight is 276 g/mol. The van der Waals surface area contributed by atoms with Crippen molar-refractivity contribution in [3.05, 3.63) is 17.0 Å². The van der Waals surface area contributed by atoms with E-state index >= 15 is 0 Å². The number of hydrogen-bond donors (Lipinski definition) is 2. The molecule has 1 aliphatic heterocycles. The minimum absolute atomic E-state index is 0.0165. The van der Waals surface area contributed by atoms with Gasteiger partial charge in [0.05, 0.1) is 0 Å². The van der Waals surface area contributed by atoms with Gasteiger partial charge in [-0.3, -0.25) is 0 Å². The fraction of sp³-hybridized carbons (Fsp3) is 0.600. The van der Waals surface area contributed by atoms with Crippen LogP contribution in [0, 0.1) is 0 Å². The maximum Gasteiger partial charge on any atom is 0.250 e. The van der Waals surface area contributed by atoms with Gasteiger partial charge < -0.3 is 10.5 Å². The molecular weight excluding hydrogens is 260 g/mol. The van der Waals surface area contributed by atoms with Gasteiger partial charge in [-0.2, -0.15) is 0 Å². The summed E-state index contributed by atoms with van der Waals surface area (Å²) in [6, 6.07) is 1.61. The van der Waals surface area contributed by atoms with Crippen LogP contribution < -0.4 is 10.5 Å². The van der Waals surface area contributed by atoms with Crippen molar-refractivity contribution in [2.75, 3.05) is 13.2 Å². The van der Waals surface area contributed by atoms with Gasteiger partial charge in [-0.1, -0.05) is 0 Å². The van der Waals surface area contributed by atoms with E-state index in [9.17, 15) is 8.42 Å². The van der Waals surface area contributed by atoms with Crippen LogP contribution in [0.1, 0.15) is 18.4 Å². The minimum atomic E-state index is -3.39. The molecule has 17 heavy (non-hydrogen) atoms. The molecule has 96 valence electrons. The summed E-state index contributed by atoms with van der Waals surface area (Å²) in [4.78, 5) is 0. The molecule has 7 heteroatoms. The molecule has 0 saturated carbocycles. The van der Waals surface area contributed by atoms with Crippen molar-refractivity contribution in [3.8, 4) is 0 Å². The van der Waals surface area contributed by atoms with Crippen molar-refractivity contribution in [1.82, 2.24) is 4.72 Å². The standard InChI is InChI=1S/C10H16N2O3S2/c11-6-8-5-10(16-7-8)17(13,14)12-9-1-3-15-4-2-9/h5,7,9,12H,1-4,6,11H2. The van der Waals surface area contributed by atoms with Crippen LogP contribution in [0.4, 0.5) is 0 Å². The number of ether oxygens (including phenoxy) is 1. The van der Waals surface area contributed by atoms with Crippen LogP contribution in [0.2, 0.25) is 0 Å². The van der Waals surface area contributed by atoms with Crippen molar-refractivity contribution in [2.24, 2.45) is 5.73 Å². The Labute approximate surface area is 105 Å². The van der Waals surface area contributed by atoms with E-state index in [2.05, 4.69) is 4.72 Å². The Morgan fingerprint density at radius 2 is 2.18 bits per heavy atom. The highest BCUT2D eigenvalue weighted by Gasteiger charge is 2.23. The number of sulfonamides is 1. The van der Waals surface area contributed by atoms with Crippen molar-refractivity contribution >= 4 is 21.4 Å². The smallest absolute Gasteiger partial charge is 0.250 e. The predicted octanol–water partition coefficient (Wildman–Crippen LogP) is 0.664. The highest BCUT2D eigenvalue weighted by Crippen LogP contribution is 2.21. The molecule has 3 N–H and O–H groups in total. The molecule has 0 radical (unpaired) electrons. The van der Waals surface area contributed by atoms with Gasteiger partial charge in [-0.15, -0.1) is 11.3 Å². The molecule has 0 unspecified atom stereocenters. The zero-order valence-electron chi connectivity index (χ0n) is 9.39. The summed E-state index contributed by atoms with van der Waals surface area (Å²) >= 11 is 1.21. The molecule has 0 amide bonds. The van der Waals surface area contributed by atoms with E-state index in [0.29, 0.717) is 24.0 Å². The molecule has 2 heterocycles. The van der Waals surface area contributed by atoms with E-state index in [4.69, 9.17) is 10.5 Å². The van der Waals surface area contributed by atoms with Crippen molar-refractivity contribution in [1.29, 1.82) is 0 Å². The summed E-state index contributed by atoms with van der Waals surface area (Å²) in [7, 11) is -3.39. The SMILES string of the molecule is NCc1csc(S(=O)(=O)NC2CCOCC2)c1. The van der Waals surface area contributed by atoms with Gasteiger partial charge in [0, 0.05) is 25.8 Å². The van der Waals surface area contributed by atoms with Gasteiger partial charge in [0.25, 0.3) is 0 Å². The molecule has 2 rings (SSSR count). The zero-order chi connectivity index (χ0) is 12.3. The highest BCUT2D eigenvalue weighted by molar-refractivity contribution is 7.91. The number of nitrogens with two attached hydrogens (primary N) is 1. The number of nitrogens with one attached hydrogen (secondary N) is 1. The third kappa shape index (κ3) is 3.26. The van der Waals surface area contributed by atoms with Gasteiger partial charge in [-0.25, -0.2) is 13.1 Å². The number of thiophene rings is 1. The van der Waals surface area contributed by atoms with Crippen LogP contribution >= 0.6 is 11.3 Å². The third-order valence-corrected chi connectivity index (χ3v) is 5.68. The first-order chi connectivity index (χ1) is 8.12. The lowest BCUT2D eigenvalue weighted by molar-refractivity contribution is 0.0832. The monoisotopic (exact) mass is 276 g/mol. The van der Waals surface area contributed by atoms with Crippen LogP contribution in [0.3, 0.4) is 0 Å². The summed E-state index contributed by atoms with van der Waals surface area (Å²) in [5, 5.41) is 1.78. The van der Waals surface area contributed by atoms with E-state index in [1.807, 2.05) is 0 Å². The minimum Gasteiger partial charge on any atom is -0.381 e. The van der Waals surface area contributed by atoms with Crippen LogP contribution in [-0.4, -0.2) is 27.7 Å². The van der Waals surface area contributed by atoms with Crippen molar-refractivity contribution in [3.63, 3.8) is 0 Å². The molecule has 1 aromatic heterocycles. The second-order valence-corrected chi connectivity index (χ2v) is 6.84. The average Bonchev–Trinajstić information content (AvgIpc) is 2.79. The lowest BCUT2D eigenvalue weighted by atomic mass is 10.1. The van der Waals surface area contributed by atoms with Crippen LogP contribution in [0.5, 0.6) is 0 Å². The van der Waals surface area contributed by atoms with Crippen molar-refractivity contribution in [2.45, 2.75) is 29.6 Å². The third-order valence-electron chi connectivity index (χ3n) is 2.67. The molecule has 0 spiro atoms. The second kappa shape index (κ2) is 5.45. The van der Waals surface area contributed by atoms with E-state index < -0.39 is 10.0 Å². The lowest BCUT2D eigenvalue weighted by Crippen LogP contribution is -2.38. The van der Waals surface area contributed by atoms with Crippen LogP contribution in [0.25, 0.3) is 0 Å². The van der Waals surface area contributed by atoms with E-state index in [0.717, 1.165) is 18.4 Å². The lowest BCUT2D eigenvalue weighted by Gasteiger charge is -2.22. The molecular formula is C10H16N2O3S2. The molecule has 0 aliphatic carbocycles. The number of rotatable bonds is 4. The molecule has 0 atom stereocenters. The first kappa shape index (κ1) is 13.0. The Morgan fingerprint density at radius 1 is 1.47 bits per heavy atom. The topological polar surface area (TPSA) is 81.4 Å². The van der Waals surface area contributed by atoms with Crippen molar-refractivity contribution < 1.29 is 13.2 Å². The summed E-state index contributed by atoms with van der Waals surface area (Å²) < 4.78 is 32.3. The summed E-state index contributed by atoms with van der Waals surface area (Å²) in [5.74, 6) is 0. The highest BCUT2D eigenvalue weighted by atomic mass is 32.2. The van der Waals surface area contributed by atoms with Crippen LogP contribution in [0.15, 0.2) is 15.7 Å². The van der Waals surface area contributed by atoms with Gasteiger partial charge >= 0.3 is 0 Å². The first-order valence-electron chi connectivity index (χ1n) is 5.49. The molecule has 0 bridgehead atoms. The first-order valence-corrected chi connectivity index (χ1v) is 7.85. The Bertz CT molecular complexity index is 464. The fourth-order valence-corrected chi connectivity index (χ4v) is 4.24. The van der Waals surface area contributed by atoms with Gasteiger partial charge in [0.15, 0.2) is 0 Å². The zero-order valence-corrected chi connectivity index (χ0v) is 11.0. The largest absolute Gasteiger partial charge is 0.381 e. The summed E-state index contributed by atoms with van der Waals surface area (Å²) in [6.45, 7) is 1.60. The maximum absolute atomic E-state index is 12.0. The fourth-order valence-electron chi connectivity index (χ4n) is 1.69. The van der Waals surface area contributed by atoms with E-state index in [-0.39, 0.29) is 6.04 Å². The Balaban J connectivity index is 2.07.